The number of hydrogen-bond acceptors (Lipinski definition) is 4. The molecular formula is C14H17F3N4O2. The van der Waals surface area contributed by atoms with Crippen molar-refractivity contribution in [2.75, 3.05) is 19.6 Å². The van der Waals surface area contributed by atoms with Crippen LogP contribution in [0, 0.1) is 11.8 Å². The van der Waals surface area contributed by atoms with Crippen LogP contribution in [0.25, 0.3) is 0 Å². The fraction of sp³-hybridized carbons (Fsp3) is 0.500. The van der Waals surface area contributed by atoms with Gasteiger partial charge in [0.1, 0.15) is 0 Å². The molecule has 126 valence electrons. The lowest BCUT2D eigenvalue weighted by atomic mass is 9.95. The number of rotatable bonds is 5. The monoisotopic (exact) mass is 330 g/mol. The van der Waals surface area contributed by atoms with Gasteiger partial charge < -0.3 is 11.1 Å². The molecule has 0 spiro atoms. The number of likely N-dealkylation sites (tertiary alicyclic amines) is 1. The molecule has 2 amide bonds. The van der Waals surface area contributed by atoms with Crippen molar-refractivity contribution in [3.63, 3.8) is 0 Å². The number of carbonyl (C=O) groups excluding carboxylic acids is 2. The van der Waals surface area contributed by atoms with E-state index in [0.717, 1.165) is 5.56 Å². The highest BCUT2D eigenvalue weighted by Crippen LogP contribution is 2.37. The zero-order valence-electron chi connectivity index (χ0n) is 12.2. The van der Waals surface area contributed by atoms with Gasteiger partial charge in [-0.3, -0.25) is 19.5 Å². The smallest absolute Gasteiger partial charge is 0.369 e. The van der Waals surface area contributed by atoms with Crippen LogP contribution in [0.1, 0.15) is 5.56 Å². The third-order valence-electron chi connectivity index (χ3n) is 3.76. The van der Waals surface area contributed by atoms with E-state index in [9.17, 15) is 22.8 Å². The van der Waals surface area contributed by atoms with Crippen LogP contribution >= 0.6 is 0 Å². The number of nitrogens with two attached hydrogens (primary N) is 1. The number of pyridine rings is 1. The maximum absolute atomic E-state index is 12.9. The van der Waals surface area contributed by atoms with Gasteiger partial charge in [0, 0.05) is 32.0 Å². The van der Waals surface area contributed by atoms with E-state index in [0.29, 0.717) is 0 Å². The van der Waals surface area contributed by atoms with Gasteiger partial charge in [0.05, 0.1) is 18.4 Å². The van der Waals surface area contributed by atoms with Crippen molar-refractivity contribution < 1.29 is 22.8 Å². The summed E-state index contributed by atoms with van der Waals surface area (Å²) >= 11 is 0. The summed E-state index contributed by atoms with van der Waals surface area (Å²) in [5.41, 5.74) is 5.82. The summed E-state index contributed by atoms with van der Waals surface area (Å²) < 4.78 is 38.7. The number of hydrogen-bond donors (Lipinski definition) is 2. The van der Waals surface area contributed by atoms with Gasteiger partial charge >= 0.3 is 6.18 Å². The van der Waals surface area contributed by atoms with E-state index in [4.69, 9.17) is 5.73 Å². The van der Waals surface area contributed by atoms with Crippen molar-refractivity contribution in [1.82, 2.24) is 15.2 Å². The molecular weight excluding hydrogens is 313 g/mol. The number of carbonyl (C=O) groups is 2. The second kappa shape index (κ2) is 6.95. The van der Waals surface area contributed by atoms with Crippen LogP contribution in [0.15, 0.2) is 24.5 Å². The molecule has 2 rings (SSSR count). The van der Waals surface area contributed by atoms with E-state index < -0.39 is 36.4 Å². The Balaban J connectivity index is 1.88. The molecule has 1 aliphatic heterocycles. The minimum absolute atomic E-state index is 0.167. The molecule has 9 heteroatoms. The maximum atomic E-state index is 12.9. The zero-order valence-corrected chi connectivity index (χ0v) is 12.2. The Kier molecular flexibility index (Phi) is 5.19. The van der Waals surface area contributed by atoms with Crippen LogP contribution in [-0.2, 0) is 16.1 Å². The van der Waals surface area contributed by atoms with Gasteiger partial charge in [-0.25, -0.2) is 0 Å². The Morgan fingerprint density at radius 3 is 2.65 bits per heavy atom. The Morgan fingerprint density at radius 1 is 1.39 bits per heavy atom. The molecule has 1 fully saturated rings. The first kappa shape index (κ1) is 17.2. The summed E-state index contributed by atoms with van der Waals surface area (Å²) in [6, 6.07) is 3.49. The number of amides is 2. The maximum Gasteiger partial charge on any atom is 0.393 e. The van der Waals surface area contributed by atoms with Crippen LogP contribution in [0.4, 0.5) is 13.2 Å². The molecule has 1 aromatic heterocycles. The number of alkyl halides is 3. The molecule has 0 aliphatic carbocycles. The van der Waals surface area contributed by atoms with Crippen molar-refractivity contribution in [3.8, 4) is 0 Å². The second-order valence-corrected chi connectivity index (χ2v) is 5.49. The highest BCUT2D eigenvalue weighted by molar-refractivity contribution is 5.79. The quantitative estimate of drug-likeness (QED) is 0.812. The van der Waals surface area contributed by atoms with Crippen molar-refractivity contribution in [1.29, 1.82) is 0 Å². The van der Waals surface area contributed by atoms with Gasteiger partial charge in [0.15, 0.2) is 0 Å². The van der Waals surface area contributed by atoms with E-state index in [1.807, 2.05) is 0 Å². The summed E-state index contributed by atoms with van der Waals surface area (Å²) in [4.78, 5) is 28.2. The minimum atomic E-state index is -4.51. The van der Waals surface area contributed by atoms with Crippen LogP contribution < -0.4 is 11.1 Å². The van der Waals surface area contributed by atoms with Gasteiger partial charge in [-0.05, 0) is 11.6 Å². The molecule has 0 radical (unpaired) electrons. The van der Waals surface area contributed by atoms with Gasteiger partial charge in [-0.1, -0.05) is 6.07 Å². The Hall–Kier alpha value is -2.16. The molecule has 0 aromatic carbocycles. The molecule has 1 saturated heterocycles. The van der Waals surface area contributed by atoms with E-state index >= 15 is 0 Å². The predicted molar refractivity (Wildman–Crippen MR) is 74.8 cm³/mol. The average molecular weight is 330 g/mol. The summed E-state index contributed by atoms with van der Waals surface area (Å²) in [5, 5.41) is 2.61. The van der Waals surface area contributed by atoms with Crippen LogP contribution in [-0.4, -0.2) is 47.5 Å². The zero-order chi connectivity index (χ0) is 17.0. The molecule has 0 unspecified atom stereocenters. The summed E-state index contributed by atoms with van der Waals surface area (Å²) in [6.07, 6.45) is -1.34. The van der Waals surface area contributed by atoms with E-state index in [1.54, 1.807) is 24.5 Å². The lowest BCUT2D eigenvalue weighted by Crippen LogP contribution is -2.37. The topological polar surface area (TPSA) is 88.3 Å². The van der Waals surface area contributed by atoms with E-state index in [1.165, 1.54) is 4.90 Å². The van der Waals surface area contributed by atoms with E-state index in [-0.39, 0.29) is 19.6 Å². The molecule has 2 atom stereocenters. The van der Waals surface area contributed by atoms with Crippen molar-refractivity contribution in [2.45, 2.75) is 12.7 Å². The van der Waals surface area contributed by atoms with Crippen molar-refractivity contribution in [3.05, 3.63) is 30.1 Å². The predicted octanol–water partition coefficient (Wildman–Crippen LogP) is 0.293. The molecule has 0 saturated carbocycles. The lowest BCUT2D eigenvalue weighted by Gasteiger charge is -2.18. The largest absolute Gasteiger partial charge is 0.393 e. The van der Waals surface area contributed by atoms with Crippen LogP contribution in [0.5, 0.6) is 0 Å². The summed E-state index contributed by atoms with van der Waals surface area (Å²) in [6.45, 7) is -0.545. The Morgan fingerprint density at radius 2 is 2.13 bits per heavy atom. The molecule has 6 nitrogen and oxygen atoms in total. The normalized spacial score (nSPS) is 22.0. The second-order valence-electron chi connectivity index (χ2n) is 5.49. The number of aromatic nitrogens is 1. The molecule has 0 bridgehead atoms. The highest BCUT2D eigenvalue weighted by atomic mass is 19.4. The first-order chi connectivity index (χ1) is 10.8. The van der Waals surface area contributed by atoms with Crippen molar-refractivity contribution >= 4 is 11.8 Å². The molecule has 3 N–H and O–H groups in total. The molecule has 1 aliphatic rings. The molecule has 23 heavy (non-hydrogen) atoms. The molecule has 1 aromatic rings. The van der Waals surface area contributed by atoms with Crippen molar-refractivity contribution in [2.24, 2.45) is 17.6 Å². The number of nitrogens with one attached hydrogen (secondary N) is 1. The highest BCUT2D eigenvalue weighted by Gasteiger charge is 2.51. The number of primary amides is 1. The van der Waals surface area contributed by atoms with E-state index in [2.05, 4.69) is 10.3 Å². The summed E-state index contributed by atoms with van der Waals surface area (Å²) in [7, 11) is 0. The lowest BCUT2D eigenvalue weighted by molar-refractivity contribution is -0.182. The fourth-order valence-corrected chi connectivity index (χ4v) is 2.60. The Bertz CT molecular complexity index is 565. The minimum Gasteiger partial charge on any atom is -0.369 e. The fourth-order valence-electron chi connectivity index (χ4n) is 2.60. The first-order valence-electron chi connectivity index (χ1n) is 7.01. The van der Waals surface area contributed by atoms with Gasteiger partial charge in [0.2, 0.25) is 11.8 Å². The SMILES string of the molecule is NC(=O)[C@@H]1CN(CC(=O)NCc2cccnc2)C[C@H]1C(F)(F)F. The van der Waals surface area contributed by atoms with Gasteiger partial charge in [-0.15, -0.1) is 0 Å². The third-order valence-corrected chi connectivity index (χ3v) is 3.76. The third kappa shape index (κ3) is 4.65. The number of halogens is 3. The Labute approximate surface area is 130 Å². The average Bonchev–Trinajstić information content (AvgIpc) is 2.90. The van der Waals surface area contributed by atoms with Gasteiger partial charge in [0.25, 0.3) is 0 Å². The van der Waals surface area contributed by atoms with Crippen LogP contribution in [0.2, 0.25) is 0 Å². The standard InChI is InChI=1S/C14H17F3N4O2/c15-14(16,17)11-7-21(6-10(11)13(18)23)8-12(22)20-5-9-2-1-3-19-4-9/h1-4,10-11H,5-8H2,(H2,18,23)(H,20,22)/t10-,11-/m1/s1. The number of nitrogens with zero attached hydrogens (tertiary/aromatic N) is 2. The van der Waals surface area contributed by atoms with Gasteiger partial charge in [-0.2, -0.15) is 13.2 Å². The first-order valence-corrected chi connectivity index (χ1v) is 7.01. The van der Waals surface area contributed by atoms with Crippen LogP contribution in [0.3, 0.4) is 0 Å². The summed E-state index contributed by atoms with van der Waals surface area (Å²) in [5.74, 6) is -4.56. The molecule has 2 heterocycles.